The van der Waals surface area contributed by atoms with E-state index in [1.807, 2.05) is 6.07 Å². The predicted molar refractivity (Wildman–Crippen MR) is 133 cm³/mol. The highest BCUT2D eigenvalue weighted by Gasteiger charge is 2.32. The second-order valence-electron chi connectivity index (χ2n) is 8.21. The quantitative estimate of drug-likeness (QED) is 0.158. The van der Waals surface area contributed by atoms with E-state index < -0.39 is 53.3 Å². The highest BCUT2D eigenvalue weighted by Crippen LogP contribution is 2.26. The van der Waals surface area contributed by atoms with Gasteiger partial charge >= 0.3 is 12.1 Å². The molecule has 2 aromatic carbocycles. The van der Waals surface area contributed by atoms with E-state index in [1.165, 1.54) is 24.3 Å². The van der Waals surface area contributed by atoms with E-state index in [9.17, 15) is 34.4 Å². The van der Waals surface area contributed by atoms with Gasteiger partial charge in [0, 0.05) is 24.6 Å². The SMILES string of the molecule is CCOC(=O)C[C@@H](c1ccc([N+](=O)[O-])cc1)[C@H](NC(=O)C[C@@H](O)CNC(=O)OCc1ccccc1)C(N)=O. The number of ether oxygens (including phenoxy) is 2. The number of rotatable bonds is 14. The Morgan fingerprint density at radius 1 is 1.03 bits per heavy atom. The van der Waals surface area contributed by atoms with Gasteiger partial charge < -0.3 is 30.9 Å². The van der Waals surface area contributed by atoms with E-state index >= 15 is 0 Å². The summed E-state index contributed by atoms with van der Waals surface area (Å²) in [5, 5.41) is 25.9. The van der Waals surface area contributed by atoms with Crippen LogP contribution in [0.4, 0.5) is 10.5 Å². The van der Waals surface area contributed by atoms with Gasteiger partial charge in [-0.05, 0) is 18.1 Å². The molecule has 0 saturated heterocycles. The number of alkyl carbamates (subject to hydrolysis) is 1. The van der Waals surface area contributed by atoms with Crippen molar-refractivity contribution in [1.29, 1.82) is 0 Å². The van der Waals surface area contributed by atoms with Gasteiger partial charge in [0.2, 0.25) is 11.8 Å². The molecule has 0 saturated carbocycles. The van der Waals surface area contributed by atoms with Gasteiger partial charge in [-0.1, -0.05) is 42.5 Å². The van der Waals surface area contributed by atoms with Crippen molar-refractivity contribution in [3.63, 3.8) is 0 Å². The normalized spacial score (nSPS) is 12.9. The number of nitro groups is 1. The number of primary amides is 1. The number of nitrogens with two attached hydrogens (primary N) is 1. The van der Waals surface area contributed by atoms with Crippen LogP contribution in [0.2, 0.25) is 0 Å². The highest BCUT2D eigenvalue weighted by molar-refractivity contribution is 5.88. The number of amides is 3. The summed E-state index contributed by atoms with van der Waals surface area (Å²) >= 11 is 0. The van der Waals surface area contributed by atoms with Gasteiger partial charge in [-0.15, -0.1) is 0 Å². The summed E-state index contributed by atoms with van der Waals surface area (Å²) in [6.45, 7) is 1.39. The van der Waals surface area contributed by atoms with Crippen LogP contribution in [0, 0.1) is 10.1 Å². The molecule has 13 heteroatoms. The number of nitro benzene ring substituents is 1. The van der Waals surface area contributed by atoms with Crippen LogP contribution in [0.3, 0.4) is 0 Å². The van der Waals surface area contributed by atoms with Crippen molar-refractivity contribution in [3.05, 3.63) is 75.8 Å². The lowest BCUT2D eigenvalue weighted by Gasteiger charge is -2.26. The third kappa shape index (κ3) is 9.85. The van der Waals surface area contributed by atoms with Crippen molar-refractivity contribution in [1.82, 2.24) is 10.6 Å². The number of nitrogens with one attached hydrogen (secondary N) is 2. The van der Waals surface area contributed by atoms with Gasteiger partial charge in [0.25, 0.3) is 5.69 Å². The van der Waals surface area contributed by atoms with Crippen LogP contribution in [0.5, 0.6) is 0 Å². The molecular formula is C25H30N4O9. The Bertz CT molecular complexity index is 1110. The minimum Gasteiger partial charge on any atom is -0.466 e. The van der Waals surface area contributed by atoms with Gasteiger partial charge in [-0.25, -0.2) is 4.79 Å². The van der Waals surface area contributed by atoms with Crippen LogP contribution in [-0.4, -0.2) is 59.2 Å². The Morgan fingerprint density at radius 2 is 1.68 bits per heavy atom. The minimum absolute atomic E-state index is 0.0219. The molecule has 13 nitrogen and oxygen atoms in total. The molecule has 2 rings (SSSR count). The average Bonchev–Trinajstić information content (AvgIpc) is 2.89. The van der Waals surface area contributed by atoms with Crippen molar-refractivity contribution in [2.75, 3.05) is 13.2 Å². The highest BCUT2D eigenvalue weighted by atomic mass is 16.6. The van der Waals surface area contributed by atoms with E-state index in [1.54, 1.807) is 31.2 Å². The van der Waals surface area contributed by atoms with Gasteiger partial charge in [-0.2, -0.15) is 0 Å². The van der Waals surface area contributed by atoms with E-state index in [2.05, 4.69) is 10.6 Å². The molecule has 2 aromatic rings. The molecule has 0 heterocycles. The summed E-state index contributed by atoms with van der Waals surface area (Å²) in [6.07, 6.45) is -2.97. The van der Waals surface area contributed by atoms with E-state index in [0.717, 1.165) is 5.56 Å². The molecule has 0 unspecified atom stereocenters. The molecule has 0 aliphatic heterocycles. The third-order valence-electron chi connectivity index (χ3n) is 5.37. The van der Waals surface area contributed by atoms with Crippen LogP contribution in [0.1, 0.15) is 36.8 Å². The Balaban J connectivity index is 2.00. The van der Waals surface area contributed by atoms with Gasteiger partial charge in [0.1, 0.15) is 12.6 Å². The molecule has 0 aromatic heterocycles. The number of non-ortho nitro benzene ring substituents is 1. The molecule has 0 aliphatic carbocycles. The number of nitrogens with zero attached hydrogens (tertiary/aromatic N) is 1. The Morgan fingerprint density at radius 3 is 2.26 bits per heavy atom. The maximum atomic E-state index is 12.6. The van der Waals surface area contributed by atoms with Crippen LogP contribution in [-0.2, 0) is 30.5 Å². The lowest BCUT2D eigenvalue weighted by Crippen LogP contribution is -2.49. The zero-order valence-electron chi connectivity index (χ0n) is 20.7. The lowest BCUT2D eigenvalue weighted by atomic mass is 9.87. The topological polar surface area (TPSA) is 200 Å². The molecular weight excluding hydrogens is 500 g/mol. The van der Waals surface area contributed by atoms with Crippen molar-refractivity contribution in [2.24, 2.45) is 5.73 Å². The first-order valence-electron chi connectivity index (χ1n) is 11.7. The van der Waals surface area contributed by atoms with Crippen molar-refractivity contribution >= 4 is 29.6 Å². The number of aliphatic hydroxyl groups excluding tert-OH is 1. The molecule has 3 atom stereocenters. The first-order chi connectivity index (χ1) is 18.1. The fourth-order valence-electron chi connectivity index (χ4n) is 3.53. The monoisotopic (exact) mass is 530 g/mol. The predicted octanol–water partition coefficient (Wildman–Crippen LogP) is 1.28. The summed E-state index contributed by atoms with van der Waals surface area (Å²) in [5.74, 6) is -3.42. The summed E-state index contributed by atoms with van der Waals surface area (Å²) in [7, 11) is 0. The molecule has 0 spiro atoms. The van der Waals surface area contributed by atoms with E-state index in [0.29, 0.717) is 5.56 Å². The summed E-state index contributed by atoms with van der Waals surface area (Å²) in [4.78, 5) is 59.3. The van der Waals surface area contributed by atoms with Gasteiger partial charge in [0.15, 0.2) is 0 Å². The molecule has 0 radical (unpaired) electrons. The molecule has 5 N–H and O–H groups in total. The molecule has 0 bridgehead atoms. The van der Waals surface area contributed by atoms with Crippen LogP contribution >= 0.6 is 0 Å². The molecule has 38 heavy (non-hydrogen) atoms. The number of esters is 1. The second kappa shape index (κ2) is 14.9. The van der Waals surface area contributed by atoms with Crippen molar-refractivity contribution in [2.45, 2.75) is 44.4 Å². The maximum Gasteiger partial charge on any atom is 0.407 e. The molecule has 0 fully saturated rings. The fraction of sp³-hybridized carbons (Fsp3) is 0.360. The van der Waals surface area contributed by atoms with Crippen LogP contribution in [0.25, 0.3) is 0 Å². The lowest BCUT2D eigenvalue weighted by molar-refractivity contribution is -0.384. The van der Waals surface area contributed by atoms with Crippen LogP contribution < -0.4 is 16.4 Å². The number of hydrogen-bond donors (Lipinski definition) is 4. The smallest absolute Gasteiger partial charge is 0.407 e. The summed E-state index contributed by atoms with van der Waals surface area (Å²) in [5.41, 5.74) is 6.40. The molecule has 3 amide bonds. The second-order valence-corrected chi connectivity index (χ2v) is 8.21. The zero-order valence-corrected chi connectivity index (χ0v) is 20.7. The number of hydrogen-bond acceptors (Lipinski definition) is 9. The van der Waals surface area contributed by atoms with Crippen molar-refractivity contribution in [3.8, 4) is 0 Å². The largest absolute Gasteiger partial charge is 0.466 e. The zero-order chi connectivity index (χ0) is 28.1. The summed E-state index contributed by atoms with van der Waals surface area (Å²) < 4.78 is 9.98. The Labute approximate surface area is 218 Å². The minimum atomic E-state index is -1.40. The van der Waals surface area contributed by atoms with Crippen LogP contribution in [0.15, 0.2) is 54.6 Å². The first kappa shape index (κ1) is 29.7. The maximum absolute atomic E-state index is 12.6. The average molecular weight is 531 g/mol. The number of carbonyl (C=O) groups excluding carboxylic acids is 4. The fourth-order valence-corrected chi connectivity index (χ4v) is 3.53. The number of carbonyl (C=O) groups is 4. The number of aliphatic hydroxyl groups is 1. The summed E-state index contributed by atoms with van der Waals surface area (Å²) in [6, 6.07) is 12.6. The standard InChI is InChI=1S/C25H30N4O9/c1-2-37-22(32)13-20(17-8-10-18(11-9-17)29(35)36)23(24(26)33)28-21(31)12-19(30)14-27-25(34)38-15-16-6-4-3-5-7-16/h3-11,19-20,23,30H,2,12-15H2,1H3,(H2,26,33)(H,27,34)(H,28,31)/t19-,20+,23+/m1/s1. The Hall–Kier alpha value is -4.52. The van der Waals surface area contributed by atoms with E-state index in [-0.39, 0.29) is 31.9 Å². The third-order valence-corrected chi connectivity index (χ3v) is 5.37. The van der Waals surface area contributed by atoms with Gasteiger partial charge in [0.05, 0.1) is 30.5 Å². The van der Waals surface area contributed by atoms with Gasteiger partial charge in [-0.3, -0.25) is 24.5 Å². The molecule has 204 valence electrons. The first-order valence-corrected chi connectivity index (χ1v) is 11.7. The number of benzene rings is 2. The Kier molecular flexibility index (Phi) is 11.6. The molecule has 0 aliphatic rings. The van der Waals surface area contributed by atoms with E-state index in [4.69, 9.17) is 15.2 Å². The van der Waals surface area contributed by atoms with Crippen molar-refractivity contribution < 1.29 is 38.7 Å².